The third-order valence-electron chi connectivity index (χ3n) is 5.77. The molecule has 0 unspecified atom stereocenters. The maximum absolute atomic E-state index is 12.1. The largest absolute Gasteiger partial charge is 0.486 e. The van der Waals surface area contributed by atoms with E-state index in [9.17, 15) is 9.59 Å². The number of hydrazone groups is 1. The molecular weight excluding hydrogens is 396 g/mol. The molecule has 8 nitrogen and oxygen atoms in total. The van der Waals surface area contributed by atoms with Gasteiger partial charge in [-0.25, -0.2) is 5.01 Å². The van der Waals surface area contributed by atoms with E-state index in [-0.39, 0.29) is 0 Å². The van der Waals surface area contributed by atoms with E-state index in [1.54, 1.807) is 5.01 Å². The first kappa shape index (κ1) is 19.2. The molecule has 0 spiro atoms. The zero-order chi connectivity index (χ0) is 21.4. The predicted molar refractivity (Wildman–Crippen MR) is 117 cm³/mol. The minimum atomic E-state index is -0.529. The van der Waals surface area contributed by atoms with Gasteiger partial charge in [0.1, 0.15) is 18.9 Å². The van der Waals surface area contributed by atoms with Gasteiger partial charge in [-0.1, -0.05) is 6.07 Å². The second kappa shape index (κ2) is 7.79. The van der Waals surface area contributed by atoms with Crippen LogP contribution >= 0.6 is 0 Å². The average Bonchev–Trinajstić information content (AvgIpc) is 2.99. The minimum absolute atomic E-state index is 0.327. The summed E-state index contributed by atoms with van der Waals surface area (Å²) in [6, 6.07) is 11.5. The Morgan fingerprint density at radius 2 is 1.84 bits per heavy atom. The molecule has 0 radical (unpaired) electrons. The van der Waals surface area contributed by atoms with Crippen LogP contribution in [-0.2, 0) is 16.0 Å². The Hall–Kier alpha value is -3.81. The summed E-state index contributed by atoms with van der Waals surface area (Å²) >= 11 is 0. The molecule has 158 valence electrons. The number of primary amides is 1. The molecule has 2 amide bonds. The van der Waals surface area contributed by atoms with E-state index < -0.39 is 5.91 Å². The minimum Gasteiger partial charge on any atom is -0.486 e. The number of anilines is 2. The van der Waals surface area contributed by atoms with Crippen LogP contribution in [0.3, 0.4) is 0 Å². The van der Waals surface area contributed by atoms with Crippen LogP contribution in [0.25, 0.3) is 5.70 Å². The van der Waals surface area contributed by atoms with E-state index in [0.29, 0.717) is 55.4 Å². The van der Waals surface area contributed by atoms with Crippen LogP contribution in [0.15, 0.2) is 47.1 Å². The summed E-state index contributed by atoms with van der Waals surface area (Å²) in [6.07, 6.45) is 3.59. The Bertz CT molecular complexity index is 1140. The van der Waals surface area contributed by atoms with Crippen molar-refractivity contribution in [2.75, 3.05) is 23.5 Å². The molecule has 2 aromatic rings. The molecule has 8 heteroatoms. The van der Waals surface area contributed by atoms with Gasteiger partial charge in [-0.15, -0.1) is 0 Å². The van der Waals surface area contributed by atoms with Crippen molar-refractivity contribution in [2.45, 2.75) is 25.7 Å². The van der Waals surface area contributed by atoms with Crippen molar-refractivity contribution in [3.8, 4) is 11.5 Å². The number of carbonyl (C=O) groups is 2. The zero-order valence-corrected chi connectivity index (χ0v) is 16.9. The summed E-state index contributed by atoms with van der Waals surface area (Å²) in [6.45, 7) is 0.985. The fourth-order valence-corrected chi connectivity index (χ4v) is 4.29. The number of fused-ring (bicyclic) bond motifs is 3. The van der Waals surface area contributed by atoms with Crippen molar-refractivity contribution < 1.29 is 19.1 Å². The van der Waals surface area contributed by atoms with Crippen LogP contribution in [0.4, 0.5) is 11.4 Å². The van der Waals surface area contributed by atoms with Gasteiger partial charge in [0.25, 0.3) is 5.91 Å². The van der Waals surface area contributed by atoms with E-state index >= 15 is 0 Å². The summed E-state index contributed by atoms with van der Waals surface area (Å²) in [7, 11) is 0. The number of hydrogen-bond acceptors (Lipinski definition) is 6. The average molecular weight is 418 g/mol. The van der Waals surface area contributed by atoms with Gasteiger partial charge in [0.15, 0.2) is 11.5 Å². The van der Waals surface area contributed by atoms with E-state index in [4.69, 9.17) is 15.2 Å². The number of ether oxygens (including phenoxy) is 2. The highest BCUT2D eigenvalue weighted by atomic mass is 16.6. The molecule has 0 atom stereocenters. The fourth-order valence-electron chi connectivity index (χ4n) is 4.29. The SMILES string of the molecule is NC(=O)C1=NN(c2ccc3c(c2)OCCO3)C2=C(CC1)CCc1ccc(NC=O)cc12. The lowest BCUT2D eigenvalue weighted by Crippen LogP contribution is -2.26. The van der Waals surface area contributed by atoms with Crippen molar-refractivity contribution >= 4 is 35.1 Å². The number of benzene rings is 2. The third-order valence-corrected chi connectivity index (χ3v) is 5.77. The number of rotatable bonds is 4. The van der Waals surface area contributed by atoms with E-state index in [2.05, 4.69) is 10.4 Å². The normalized spacial score (nSPS) is 17.2. The van der Waals surface area contributed by atoms with Crippen molar-refractivity contribution in [2.24, 2.45) is 10.8 Å². The Balaban J connectivity index is 1.68. The molecule has 0 aromatic heterocycles. The van der Waals surface area contributed by atoms with Crippen LogP contribution < -0.4 is 25.5 Å². The number of nitrogens with one attached hydrogen (secondary N) is 1. The number of nitrogens with two attached hydrogens (primary N) is 1. The lowest BCUT2D eigenvalue weighted by molar-refractivity contribution is -0.112. The Labute approximate surface area is 179 Å². The molecule has 1 aliphatic carbocycles. The summed E-state index contributed by atoms with van der Waals surface area (Å²) in [5.41, 5.74) is 11.7. The monoisotopic (exact) mass is 418 g/mol. The van der Waals surface area contributed by atoms with Gasteiger partial charge < -0.3 is 20.5 Å². The molecule has 3 aliphatic rings. The van der Waals surface area contributed by atoms with E-state index in [1.807, 2.05) is 36.4 Å². The molecular formula is C23H22N4O4. The molecule has 0 saturated carbocycles. The Kier molecular flexibility index (Phi) is 4.82. The van der Waals surface area contributed by atoms with Crippen molar-refractivity contribution in [3.05, 3.63) is 53.1 Å². The number of carbonyl (C=O) groups excluding carboxylic acids is 2. The van der Waals surface area contributed by atoms with Crippen LogP contribution in [0.5, 0.6) is 11.5 Å². The molecule has 0 bridgehead atoms. The molecule has 3 N–H and O–H groups in total. The van der Waals surface area contributed by atoms with Gasteiger partial charge in [0.2, 0.25) is 6.41 Å². The van der Waals surface area contributed by atoms with Gasteiger partial charge in [-0.3, -0.25) is 9.59 Å². The lowest BCUT2D eigenvalue weighted by Gasteiger charge is -2.30. The summed E-state index contributed by atoms with van der Waals surface area (Å²) in [5.74, 6) is 0.789. The molecule has 31 heavy (non-hydrogen) atoms. The number of amides is 2. The number of hydrogen-bond donors (Lipinski definition) is 2. The first-order valence-corrected chi connectivity index (χ1v) is 10.3. The van der Waals surface area contributed by atoms with Crippen molar-refractivity contribution in [3.63, 3.8) is 0 Å². The van der Waals surface area contributed by atoms with Gasteiger partial charge >= 0.3 is 0 Å². The van der Waals surface area contributed by atoms with Crippen LogP contribution in [0.1, 0.15) is 30.4 Å². The molecule has 0 saturated heterocycles. The number of nitrogens with zero attached hydrogens (tertiary/aromatic N) is 2. The number of allylic oxidation sites excluding steroid dienone is 1. The molecule has 2 aromatic carbocycles. The van der Waals surface area contributed by atoms with E-state index in [0.717, 1.165) is 35.4 Å². The Morgan fingerprint density at radius 1 is 1.03 bits per heavy atom. The van der Waals surface area contributed by atoms with Gasteiger partial charge in [-0.2, -0.15) is 5.10 Å². The highest BCUT2D eigenvalue weighted by Crippen LogP contribution is 2.43. The second-order valence-corrected chi connectivity index (χ2v) is 7.64. The summed E-state index contributed by atoms with van der Waals surface area (Å²) in [4.78, 5) is 23.0. The maximum Gasteiger partial charge on any atom is 0.264 e. The topological polar surface area (TPSA) is 106 Å². The van der Waals surface area contributed by atoms with E-state index in [1.165, 1.54) is 5.57 Å². The quantitative estimate of drug-likeness (QED) is 0.743. The van der Waals surface area contributed by atoms with Crippen molar-refractivity contribution in [1.29, 1.82) is 0 Å². The summed E-state index contributed by atoms with van der Waals surface area (Å²) in [5, 5.41) is 9.19. The van der Waals surface area contributed by atoms with Crippen LogP contribution in [0.2, 0.25) is 0 Å². The predicted octanol–water partition coefficient (Wildman–Crippen LogP) is 2.83. The fraction of sp³-hybridized carbons (Fsp3) is 0.261. The lowest BCUT2D eigenvalue weighted by atomic mass is 9.86. The molecule has 5 rings (SSSR count). The first-order chi connectivity index (χ1) is 15.1. The molecule has 2 aliphatic heterocycles. The molecule has 0 fully saturated rings. The van der Waals surface area contributed by atoms with Gasteiger partial charge in [-0.05, 0) is 54.7 Å². The van der Waals surface area contributed by atoms with Gasteiger partial charge in [0, 0.05) is 23.7 Å². The maximum atomic E-state index is 12.1. The standard InChI is InChI=1S/C23H22N4O4/c24-23(29)19-7-4-15-2-1-14-3-5-16(25-13-28)11-18(14)22(15)27(26-19)17-6-8-20-21(12-17)31-10-9-30-20/h3,5-6,8,11-13H,1-2,4,7,9-10H2,(H2,24,29)(H,25,28). The summed E-state index contributed by atoms with van der Waals surface area (Å²) < 4.78 is 11.4. The Morgan fingerprint density at radius 3 is 2.65 bits per heavy atom. The smallest absolute Gasteiger partial charge is 0.264 e. The molecule has 2 heterocycles. The first-order valence-electron chi connectivity index (χ1n) is 10.3. The highest BCUT2D eigenvalue weighted by Gasteiger charge is 2.29. The van der Waals surface area contributed by atoms with Crippen LogP contribution in [0, 0.1) is 0 Å². The van der Waals surface area contributed by atoms with Gasteiger partial charge in [0.05, 0.1) is 11.4 Å². The highest BCUT2D eigenvalue weighted by molar-refractivity contribution is 6.38. The second-order valence-electron chi connectivity index (χ2n) is 7.64. The third kappa shape index (κ3) is 3.50. The number of aryl methyl sites for hydroxylation is 1. The van der Waals surface area contributed by atoms with Crippen molar-refractivity contribution in [1.82, 2.24) is 0 Å². The zero-order valence-electron chi connectivity index (χ0n) is 16.9. The van der Waals surface area contributed by atoms with Crippen LogP contribution in [-0.4, -0.2) is 31.2 Å².